The van der Waals surface area contributed by atoms with Crippen LogP contribution in [-0.4, -0.2) is 21.0 Å². The van der Waals surface area contributed by atoms with Gasteiger partial charge >= 0.3 is 5.97 Å². The fourth-order valence-corrected chi connectivity index (χ4v) is 3.65. The summed E-state index contributed by atoms with van der Waals surface area (Å²) in [6.07, 6.45) is 0. The highest BCUT2D eigenvalue weighted by atomic mass is 32.1. The van der Waals surface area contributed by atoms with Crippen LogP contribution in [-0.2, 0) is 0 Å². The van der Waals surface area contributed by atoms with Crippen LogP contribution in [0.5, 0.6) is 0 Å². The second-order valence-electron chi connectivity index (χ2n) is 5.63. The molecule has 0 saturated heterocycles. The van der Waals surface area contributed by atoms with Gasteiger partial charge in [-0.1, -0.05) is 24.3 Å². The number of carboxylic acid groups (broad SMARTS) is 1. The van der Waals surface area contributed by atoms with Gasteiger partial charge in [-0.3, -0.25) is 4.79 Å². The molecule has 0 atom stereocenters. The van der Waals surface area contributed by atoms with Gasteiger partial charge in [-0.25, -0.2) is 14.2 Å². The smallest absolute Gasteiger partial charge is 0.335 e. The number of fused-ring (bicyclic) bond motifs is 1. The molecule has 2 aromatic heterocycles. The molecule has 0 fully saturated rings. The average molecular weight is 366 g/mol. The summed E-state index contributed by atoms with van der Waals surface area (Å²) in [5.74, 6) is -0.991. The summed E-state index contributed by atoms with van der Waals surface area (Å²) in [5.41, 5.74) is 1.92. The minimum atomic E-state index is -1.02. The Hall–Kier alpha value is -3.32. The van der Waals surface area contributed by atoms with Crippen molar-refractivity contribution in [2.45, 2.75) is 0 Å². The number of nitrogens with one attached hydrogen (secondary N) is 1. The van der Waals surface area contributed by atoms with Crippen LogP contribution < -0.4 is 5.56 Å². The van der Waals surface area contributed by atoms with Crippen molar-refractivity contribution in [3.8, 4) is 22.5 Å². The van der Waals surface area contributed by atoms with E-state index in [4.69, 9.17) is 5.11 Å². The SMILES string of the molecule is O=C(O)c1ccc(-c2nc3scc(-c4ccc(F)cc4)c3c(=O)[nH]2)cc1. The Morgan fingerprint density at radius 2 is 1.69 bits per heavy atom. The summed E-state index contributed by atoms with van der Waals surface area (Å²) >= 11 is 1.33. The van der Waals surface area contributed by atoms with Crippen molar-refractivity contribution in [2.75, 3.05) is 0 Å². The molecular weight excluding hydrogens is 355 g/mol. The molecule has 5 nitrogen and oxygen atoms in total. The molecule has 0 unspecified atom stereocenters. The first-order valence-electron chi connectivity index (χ1n) is 7.64. The van der Waals surface area contributed by atoms with Crippen molar-refractivity contribution in [2.24, 2.45) is 0 Å². The normalized spacial score (nSPS) is 11.0. The minimum absolute atomic E-state index is 0.159. The molecule has 26 heavy (non-hydrogen) atoms. The van der Waals surface area contributed by atoms with E-state index < -0.39 is 5.97 Å². The lowest BCUT2D eigenvalue weighted by molar-refractivity contribution is 0.0697. The quantitative estimate of drug-likeness (QED) is 0.570. The Morgan fingerprint density at radius 1 is 1.04 bits per heavy atom. The van der Waals surface area contributed by atoms with Crippen LogP contribution in [0.25, 0.3) is 32.7 Å². The number of rotatable bonds is 3. The Labute approximate surface area is 150 Å². The molecule has 0 spiro atoms. The molecule has 2 aromatic carbocycles. The maximum Gasteiger partial charge on any atom is 0.335 e. The number of nitrogens with zero attached hydrogens (tertiary/aromatic N) is 1. The van der Waals surface area contributed by atoms with Gasteiger partial charge in [-0.05, 0) is 29.8 Å². The second kappa shape index (κ2) is 6.20. The number of carboxylic acids is 1. The molecule has 0 aliphatic rings. The standard InChI is InChI=1S/C19H11FN2O3S/c20-13-7-5-10(6-8-13)14-9-26-18-15(14)17(23)21-16(22-18)11-1-3-12(4-2-11)19(24)25/h1-9H,(H,24,25)(H,21,22,23). The lowest BCUT2D eigenvalue weighted by Gasteiger charge is -2.03. The highest BCUT2D eigenvalue weighted by Gasteiger charge is 2.14. The van der Waals surface area contributed by atoms with Crippen LogP contribution in [0.2, 0.25) is 0 Å². The summed E-state index contributed by atoms with van der Waals surface area (Å²) in [4.78, 5) is 31.3. The number of thiophene rings is 1. The van der Waals surface area contributed by atoms with E-state index in [0.717, 1.165) is 5.56 Å². The Morgan fingerprint density at radius 3 is 2.35 bits per heavy atom. The van der Waals surface area contributed by atoms with E-state index in [1.165, 1.54) is 35.6 Å². The van der Waals surface area contributed by atoms with Gasteiger partial charge in [0.05, 0.1) is 10.9 Å². The summed E-state index contributed by atoms with van der Waals surface area (Å²) in [5, 5.41) is 11.2. The van der Waals surface area contributed by atoms with Crippen LogP contribution in [0.4, 0.5) is 4.39 Å². The molecule has 0 aliphatic heterocycles. The molecule has 0 radical (unpaired) electrons. The van der Waals surface area contributed by atoms with Crippen molar-refractivity contribution >= 4 is 27.5 Å². The number of carbonyl (C=O) groups is 1. The molecule has 7 heteroatoms. The molecule has 2 heterocycles. The Balaban J connectivity index is 1.82. The van der Waals surface area contributed by atoms with Crippen LogP contribution in [0.15, 0.2) is 58.7 Å². The Bertz CT molecular complexity index is 1180. The lowest BCUT2D eigenvalue weighted by Crippen LogP contribution is -2.09. The second-order valence-corrected chi connectivity index (χ2v) is 6.49. The molecule has 0 aliphatic carbocycles. The van der Waals surface area contributed by atoms with Crippen molar-refractivity contribution in [3.63, 3.8) is 0 Å². The van der Waals surface area contributed by atoms with Gasteiger partial charge < -0.3 is 10.1 Å². The number of aromatic amines is 1. The monoisotopic (exact) mass is 366 g/mol. The van der Waals surface area contributed by atoms with E-state index in [0.29, 0.717) is 27.2 Å². The van der Waals surface area contributed by atoms with E-state index in [1.807, 2.05) is 5.38 Å². The zero-order chi connectivity index (χ0) is 18.3. The number of halogens is 1. The number of hydrogen-bond donors (Lipinski definition) is 2. The molecule has 2 N–H and O–H groups in total. The number of H-pyrrole nitrogens is 1. The van der Waals surface area contributed by atoms with Gasteiger partial charge in [0.15, 0.2) is 0 Å². The molecule has 0 bridgehead atoms. The average Bonchev–Trinajstić information content (AvgIpc) is 3.07. The van der Waals surface area contributed by atoms with Crippen LogP contribution >= 0.6 is 11.3 Å². The number of benzene rings is 2. The number of aromatic carboxylic acids is 1. The van der Waals surface area contributed by atoms with E-state index in [2.05, 4.69) is 9.97 Å². The molecule has 4 aromatic rings. The van der Waals surface area contributed by atoms with Crippen LogP contribution in [0.1, 0.15) is 10.4 Å². The van der Waals surface area contributed by atoms with Gasteiger partial charge in [0.2, 0.25) is 0 Å². The third-order valence-electron chi connectivity index (χ3n) is 4.00. The fourth-order valence-electron chi connectivity index (χ4n) is 2.70. The van der Waals surface area contributed by atoms with E-state index in [-0.39, 0.29) is 16.9 Å². The largest absolute Gasteiger partial charge is 0.478 e. The minimum Gasteiger partial charge on any atom is -0.478 e. The van der Waals surface area contributed by atoms with Crippen molar-refractivity contribution in [1.82, 2.24) is 9.97 Å². The predicted molar refractivity (Wildman–Crippen MR) is 98.0 cm³/mol. The van der Waals surface area contributed by atoms with E-state index in [1.54, 1.807) is 24.3 Å². The van der Waals surface area contributed by atoms with Gasteiger partial charge in [-0.15, -0.1) is 11.3 Å². The summed E-state index contributed by atoms with van der Waals surface area (Å²) in [6, 6.07) is 12.0. The topological polar surface area (TPSA) is 83.0 Å². The summed E-state index contributed by atoms with van der Waals surface area (Å²) in [7, 11) is 0. The summed E-state index contributed by atoms with van der Waals surface area (Å²) in [6.45, 7) is 0. The van der Waals surface area contributed by atoms with Gasteiger partial charge in [-0.2, -0.15) is 0 Å². The highest BCUT2D eigenvalue weighted by Crippen LogP contribution is 2.31. The number of aromatic nitrogens is 2. The van der Waals surface area contributed by atoms with Gasteiger partial charge in [0.1, 0.15) is 16.5 Å². The first kappa shape index (κ1) is 16.2. The maximum atomic E-state index is 13.1. The third-order valence-corrected chi connectivity index (χ3v) is 4.88. The molecule has 128 valence electrons. The number of hydrogen-bond acceptors (Lipinski definition) is 4. The van der Waals surface area contributed by atoms with Gasteiger partial charge in [0.25, 0.3) is 5.56 Å². The first-order chi connectivity index (χ1) is 12.5. The van der Waals surface area contributed by atoms with Crippen LogP contribution in [0, 0.1) is 5.82 Å². The summed E-state index contributed by atoms with van der Waals surface area (Å²) < 4.78 is 13.1. The molecule has 0 saturated carbocycles. The van der Waals surface area contributed by atoms with Gasteiger partial charge in [0, 0.05) is 16.5 Å². The lowest BCUT2D eigenvalue weighted by atomic mass is 10.1. The zero-order valence-electron chi connectivity index (χ0n) is 13.2. The Kier molecular flexibility index (Phi) is 3.85. The zero-order valence-corrected chi connectivity index (χ0v) is 14.0. The van der Waals surface area contributed by atoms with Crippen molar-refractivity contribution < 1.29 is 14.3 Å². The predicted octanol–water partition coefficient (Wildman–Crippen LogP) is 4.16. The molecular formula is C19H11FN2O3S. The highest BCUT2D eigenvalue weighted by molar-refractivity contribution is 7.17. The third kappa shape index (κ3) is 2.78. The first-order valence-corrected chi connectivity index (χ1v) is 8.52. The molecule has 0 amide bonds. The van der Waals surface area contributed by atoms with Crippen LogP contribution in [0.3, 0.4) is 0 Å². The van der Waals surface area contributed by atoms with Crippen molar-refractivity contribution in [3.05, 3.63) is 75.6 Å². The van der Waals surface area contributed by atoms with Crippen molar-refractivity contribution in [1.29, 1.82) is 0 Å². The molecule has 4 rings (SSSR count). The maximum absolute atomic E-state index is 13.1. The van der Waals surface area contributed by atoms with E-state index in [9.17, 15) is 14.0 Å². The fraction of sp³-hybridized carbons (Fsp3) is 0. The van der Waals surface area contributed by atoms with E-state index >= 15 is 0 Å².